The van der Waals surface area contributed by atoms with Gasteiger partial charge in [-0.2, -0.15) is 0 Å². The van der Waals surface area contributed by atoms with E-state index >= 15 is 0 Å². The molecule has 6 heteroatoms. The number of piperidine rings is 1. The number of imidazole rings is 1. The molecule has 1 amide bonds. The third-order valence-corrected chi connectivity index (χ3v) is 5.31. The van der Waals surface area contributed by atoms with Crippen LogP contribution < -0.4 is 0 Å². The minimum absolute atomic E-state index is 0.0405. The second kappa shape index (κ2) is 5.41. The summed E-state index contributed by atoms with van der Waals surface area (Å²) in [6.45, 7) is 0. The van der Waals surface area contributed by atoms with Crippen molar-refractivity contribution in [3.8, 4) is 0 Å². The lowest BCUT2D eigenvalue weighted by Gasteiger charge is -2.43. The fourth-order valence-electron chi connectivity index (χ4n) is 4.32. The lowest BCUT2D eigenvalue weighted by Crippen LogP contribution is -2.52. The highest BCUT2D eigenvalue weighted by molar-refractivity contribution is 5.95. The van der Waals surface area contributed by atoms with E-state index in [1.807, 2.05) is 22.7 Å². The number of fused-ring (bicyclic) bond motifs is 2. The molecule has 0 aliphatic carbocycles. The van der Waals surface area contributed by atoms with Crippen LogP contribution in [0.1, 0.15) is 41.9 Å². The third-order valence-electron chi connectivity index (χ3n) is 5.31. The molecule has 2 atom stereocenters. The van der Waals surface area contributed by atoms with Crippen LogP contribution in [0.3, 0.4) is 0 Å². The van der Waals surface area contributed by atoms with Crippen molar-refractivity contribution < 1.29 is 14.3 Å². The first kappa shape index (κ1) is 15.3. The van der Waals surface area contributed by atoms with Gasteiger partial charge in [0.05, 0.1) is 0 Å². The molecular weight excluding hydrogens is 309 g/mol. The molecule has 2 aromatic rings. The Balaban J connectivity index is 1.62. The minimum atomic E-state index is -1.01. The highest BCUT2D eigenvalue weighted by atomic mass is 19.1. The summed E-state index contributed by atoms with van der Waals surface area (Å²) in [5.74, 6) is 0.0934. The number of carbonyl (C=O) groups excluding carboxylic acids is 1. The quantitative estimate of drug-likeness (QED) is 0.919. The molecule has 4 rings (SSSR count). The van der Waals surface area contributed by atoms with Crippen LogP contribution in [0.2, 0.25) is 0 Å². The van der Waals surface area contributed by atoms with Gasteiger partial charge in [-0.1, -0.05) is 6.07 Å². The molecule has 1 aromatic carbocycles. The molecule has 1 N–H and O–H groups in total. The van der Waals surface area contributed by atoms with E-state index in [2.05, 4.69) is 4.98 Å². The van der Waals surface area contributed by atoms with Crippen molar-refractivity contribution in [2.24, 2.45) is 7.05 Å². The fourth-order valence-corrected chi connectivity index (χ4v) is 4.32. The van der Waals surface area contributed by atoms with E-state index < -0.39 is 11.4 Å². The van der Waals surface area contributed by atoms with E-state index in [1.165, 1.54) is 12.1 Å². The molecule has 2 aliphatic rings. The Kier molecular flexibility index (Phi) is 3.46. The second-order valence-electron chi connectivity index (χ2n) is 6.91. The van der Waals surface area contributed by atoms with Gasteiger partial charge in [0.2, 0.25) is 0 Å². The van der Waals surface area contributed by atoms with Crippen molar-refractivity contribution in [2.75, 3.05) is 0 Å². The zero-order chi connectivity index (χ0) is 16.9. The van der Waals surface area contributed by atoms with E-state index in [0.717, 1.165) is 12.8 Å². The average molecular weight is 329 g/mol. The van der Waals surface area contributed by atoms with E-state index in [4.69, 9.17) is 0 Å². The predicted octanol–water partition coefficient (Wildman–Crippen LogP) is 2.21. The largest absolute Gasteiger partial charge is 0.382 e. The van der Waals surface area contributed by atoms with Gasteiger partial charge in [0, 0.05) is 49.9 Å². The first-order valence-electron chi connectivity index (χ1n) is 8.26. The smallest absolute Gasteiger partial charge is 0.254 e. The summed E-state index contributed by atoms with van der Waals surface area (Å²) >= 11 is 0. The fraction of sp³-hybridized carbons (Fsp3) is 0.444. The number of nitrogens with zero attached hydrogens (tertiary/aromatic N) is 3. The molecule has 2 bridgehead atoms. The van der Waals surface area contributed by atoms with Gasteiger partial charge in [-0.05, 0) is 31.0 Å². The number of amides is 1. The summed E-state index contributed by atoms with van der Waals surface area (Å²) in [5.41, 5.74) is -0.641. The Bertz CT molecular complexity index is 774. The number of aromatic nitrogens is 2. The summed E-state index contributed by atoms with van der Waals surface area (Å²) in [6.07, 6.45) is 6.15. The molecular formula is C18H20FN3O2. The van der Waals surface area contributed by atoms with Gasteiger partial charge in [0.1, 0.15) is 17.2 Å². The van der Waals surface area contributed by atoms with E-state index in [-0.39, 0.29) is 18.0 Å². The van der Waals surface area contributed by atoms with Gasteiger partial charge in [-0.3, -0.25) is 4.79 Å². The molecule has 0 radical (unpaired) electrons. The Morgan fingerprint density at radius 3 is 2.62 bits per heavy atom. The Hall–Kier alpha value is -2.21. The summed E-state index contributed by atoms with van der Waals surface area (Å²) in [6, 6.07) is 5.73. The number of hydrogen-bond acceptors (Lipinski definition) is 3. The van der Waals surface area contributed by atoms with Gasteiger partial charge in [-0.15, -0.1) is 0 Å². The van der Waals surface area contributed by atoms with Crippen molar-refractivity contribution in [2.45, 2.75) is 43.4 Å². The summed E-state index contributed by atoms with van der Waals surface area (Å²) in [4.78, 5) is 19.0. The monoisotopic (exact) mass is 329 g/mol. The molecule has 3 heterocycles. The zero-order valence-electron chi connectivity index (χ0n) is 13.5. The predicted molar refractivity (Wildman–Crippen MR) is 85.7 cm³/mol. The van der Waals surface area contributed by atoms with Gasteiger partial charge in [0.25, 0.3) is 5.91 Å². The molecule has 0 spiro atoms. The first-order chi connectivity index (χ1) is 11.5. The van der Waals surface area contributed by atoms with Crippen LogP contribution in [0.5, 0.6) is 0 Å². The highest BCUT2D eigenvalue weighted by Crippen LogP contribution is 2.45. The van der Waals surface area contributed by atoms with Crippen LogP contribution in [-0.4, -0.2) is 37.5 Å². The van der Waals surface area contributed by atoms with Gasteiger partial charge in [0.15, 0.2) is 0 Å². The van der Waals surface area contributed by atoms with Crippen LogP contribution in [0, 0.1) is 5.82 Å². The van der Waals surface area contributed by atoms with Crippen LogP contribution >= 0.6 is 0 Å². The van der Waals surface area contributed by atoms with Crippen molar-refractivity contribution >= 4 is 5.91 Å². The number of benzene rings is 1. The van der Waals surface area contributed by atoms with Crippen molar-refractivity contribution in [3.63, 3.8) is 0 Å². The Morgan fingerprint density at radius 1 is 1.33 bits per heavy atom. The normalized spacial score (nSPS) is 29.0. The number of halogens is 1. The molecule has 0 saturated carbocycles. The molecule has 2 aliphatic heterocycles. The number of hydrogen-bond donors (Lipinski definition) is 1. The average Bonchev–Trinajstić information content (AvgIpc) is 3.09. The zero-order valence-corrected chi connectivity index (χ0v) is 13.5. The second-order valence-corrected chi connectivity index (χ2v) is 6.91. The van der Waals surface area contributed by atoms with Crippen LogP contribution in [-0.2, 0) is 12.6 Å². The van der Waals surface area contributed by atoms with E-state index in [0.29, 0.717) is 24.2 Å². The Morgan fingerprint density at radius 2 is 2.04 bits per heavy atom. The SMILES string of the molecule is Cn1ccnc1C1(O)C[C@@H]2CC[C@@H](C1)N2C(=O)c1cccc(F)c1. The maximum absolute atomic E-state index is 13.4. The third kappa shape index (κ3) is 2.33. The highest BCUT2D eigenvalue weighted by Gasteiger charge is 2.51. The molecule has 5 nitrogen and oxygen atoms in total. The molecule has 0 unspecified atom stereocenters. The van der Waals surface area contributed by atoms with Crippen molar-refractivity contribution in [1.29, 1.82) is 0 Å². The maximum Gasteiger partial charge on any atom is 0.254 e. The van der Waals surface area contributed by atoms with E-state index in [9.17, 15) is 14.3 Å². The van der Waals surface area contributed by atoms with Crippen molar-refractivity contribution in [1.82, 2.24) is 14.5 Å². The van der Waals surface area contributed by atoms with Crippen LogP contribution in [0.4, 0.5) is 4.39 Å². The number of rotatable bonds is 2. The van der Waals surface area contributed by atoms with Gasteiger partial charge < -0.3 is 14.6 Å². The first-order valence-corrected chi connectivity index (χ1v) is 8.26. The van der Waals surface area contributed by atoms with Gasteiger partial charge >= 0.3 is 0 Å². The lowest BCUT2D eigenvalue weighted by molar-refractivity contribution is -0.0555. The standard InChI is InChI=1S/C18H20FN3O2/c1-21-8-7-20-17(21)18(24)10-14-5-6-15(11-18)22(14)16(23)12-3-2-4-13(19)9-12/h2-4,7-9,14-15,24H,5-6,10-11H2,1H3/t14-,15-/m0/s1. The lowest BCUT2D eigenvalue weighted by atomic mass is 9.85. The van der Waals surface area contributed by atoms with Crippen LogP contribution in [0.15, 0.2) is 36.7 Å². The number of aryl methyl sites for hydroxylation is 1. The van der Waals surface area contributed by atoms with Gasteiger partial charge in [-0.25, -0.2) is 9.37 Å². The molecule has 2 fully saturated rings. The van der Waals surface area contributed by atoms with E-state index in [1.54, 1.807) is 18.3 Å². The van der Waals surface area contributed by atoms with Crippen LogP contribution in [0.25, 0.3) is 0 Å². The number of aliphatic hydroxyl groups is 1. The number of carbonyl (C=O) groups is 1. The summed E-state index contributed by atoms with van der Waals surface area (Å²) in [5, 5.41) is 11.1. The Labute approximate surface area is 139 Å². The molecule has 126 valence electrons. The molecule has 1 aromatic heterocycles. The molecule has 2 saturated heterocycles. The van der Waals surface area contributed by atoms with Crippen molar-refractivity contribution in [3.05, 3.63) is 53.9 Å². The summed E-state index contributed by atoms with van der Waals surface area (Å²) in [7, 11) is 1.87. The minimum Gasteiger partial charge on any atom is -0.382 e. The maximum atomic E-state index is 13.4. The molecule has 24 heavy (non-hydrogen) atoms. The summed E-state index contributed by atoms with van der Waals surface area (Å²) < 4.78 is 15.3. The topological polar surface area (TPSA) is 58.4 Å².